The van der Waals surface area contributed by atoms with E-state index in [0.29, 0.717) is 22.4 Å². The molecule has 4 rings (SSSR count). The Balaban J connectivity index is 1.32. The number of carbonyl (C=O) groups is 2. The molecule has 0 spiro atoms. The van der Waals surface area contributed by atoms with Crippen molar-refractivity contribution in [3.05, 3.63) is 107 Å². The first kappa shape index (κ1) is 23.7. The second-order valence-corrected chi connectivity index (χ2v) is 9.37. The lowest BCUT2D eigenvalue weighted by molar-refractivity contribution is -0.123. The smallest absolute Gasteiger partial charge is 0.266 e. The summed E-state index contributed by atoms with van der Waals surface area (Å²) in [5, 5.41) is 2.88. The molecule has 1 heterocycles. The van der Waals surface area contributed by atoms with Gasteiger partial charge in [0.2, 0.25) is 5.91 Å². The third-order valence-electron chi connectivity index (χ3n) is 5.17. The number of rotatable bonds is 9. The van der Waals surface area contributed by atoms with Crippen molar-refractivity contribution >= 4 is 46.2 Å². The Morgan fingerprint density at radius 2 is 1.68 bits per heavy atom. The van der Waals surface area contributed by atoms with Crippen molar-refractivity contribution in [3.63, 3.8) is 0 Å². The molecule has 1 fully saturated rings. The van der Waals surface area contributed by atoms with E-state index in [2.05, 4.69) is 5.32 Å². The molecule has 0 aromatic heterocycles. The summed E-state index contributed by atoms with van der Waals surface area (Å²) < 4.78 is 6.35. The topological polar surface area (TPSA) is 58.6 Å². The molecule has 172 valence electrons. The minimum Gasteiger partial charge on any atom is -0.489 e. The van der Waals surface area contributed by atoms with Gasteiger partial charge in [0.1, 0.15) is 16.7 Å². The predicted molar refractivity (Wildman–Crippen MR) is 140 cm³/mol. The van der Waals surface area contributed by atoms with Gasteiger partial charge in [-0.15, -0.1) is 0 Å². The molecule has 1 saturated heterocycles. The van der Waals surface area contributed by atoms with E-state index in [0.717, 1.165) is 22.4 Å². The maximum absolute atomic E-state index is 12.9. The third-order valence-corrected chi connectivity index (χ3v) is 6.55. The van der Waals surface area contributed by atoms with Crippen molar-refractivity contribution < 1.29 is 14.3 Å². The van der Waals surface area contributed by atoms with Gasteiger partial charge in [-0.25, -0.2) is 0 Å². The molecular formula is C27H24N2O3S2. The molecule has 0 unspecified atom stereocenters. The van der Waals surface area contributed by atoms with E-state index in [-0.39, 0.29) is 24.8 Å². The van der Waals surface area contributed by atoms with Crippen molar-refractivity contribution in [2.24, 2.45) is 0 Å². The number of carbonyl (C=O) groups excluding carboxylic acids is 2. The van der Waals surface area contributed by atoms with E-state index in [4.69, 9.17) is 17.0 Å². The van der Waals surface area contributed by atoms with Crippen molar-refractivity contribution in [2.75, 3.05) is 6.54 Å². The van der Waals surface area contributed by atoms with E-state index in [1.54, 1.807) is 0 Å². The lowest BCUT2D eigenvalue weighted by Crippen LogP contribution is -2.33. The highest BCUT2D eigenvalue weighted by atomic mass is 32.2. The molecular weight excluding hydrogens is 464 g/mol. The van der Waals surface area contributed by atoms with Crippen LogP contribution < -0.4 is 10.1 Å². The first-order valence-electron chi connectivity index (χ1n) is 10.9. The number of nitrogens with one attached hydrogen (secondary N) is 1. The number of amides is 2. The Morgan fingerprint density at radius 1 is 0.971 bits per heavy atom. The summed E-state index contributed by atoms with van der Waals surface area (Å²) in [4.78, 5) is 27.2. The number of nitrogens with zero attached hydrogens (tertiary/aromatic N) is 1. The Labute approximate surface area is 208 Å². The number of thiocarbonyl (C=S) groups is 1. The lowest BCUT2D eigenvalue weighted by Gasteiger charge is -2.14. The molecule has 0 aliphatic carbocycles. The summed E-state index contributed by atoms with van der Waals surface area (Å²) in [5.74, 6) is 0.426. The average Bonchev–Trinajstić information content (AvgIpc) is 3.13. The molecule has 3 aromatic carbocycles. The van der Waals surface area contributed by atoms with Crippen LogP contribution in [0, 0.1) is 0 Å². The fourth-order valence-electron chi connectivity index (χ4n) is 3.38. The molecule has 2 amide bonds. The number of hydrogen-bond acceptors (Lipinski definition) is 5. The lowest BCUT2D eigenvalue weighted by atomic mass is 10.2. The summed E-state index contributed by atoms with van der Waals surface area (Å²) in [6, 6.07) is 27.2. The molecule has 1 aliphatic heterocycles. The fraction of sp³-hybridized carbons (Fsp3) is 0.148. The van der Waals surface area contributed by atoms with Crippen molar-refractivity contribution in [1.82, 2.24) is 10.2 Å². The summed E-state index contributed by atoms with van der Waals surface area (Å²) in [6.45, 7) is 1.18. The zero-order valence-corrected chi connectivity index (χ0v) is 20.1. The van der Waals surface area contributed by atoms with Gasteiger partial charge in [-0.3, -0.25) is 14.5 Å². The highest BCUT2D eigenvalue weighted by Gasteiger charge is 2.32. The van der Waals surface area contributed by atoms with Crippen LogP contribution in [0.25, 0.3) is 6.08 Å². The van der Waals surface area contributed by atoms with E-state index in [1.807, 2.05) is 91.0 Å². The Morgan fingerprint density at radius 3 is 2.41 bits per heavy atom. The molecule has 5 nitrogen and oxygen atoms in total. The number of thioether (sulfide) groups is 1. The third kappa shape index (κ3) is 6.56. The molecule has 0 radical (unpaired) electrons. The van der Waals surface area contributed by atoms with Gasteiger partial charge in [0.25, 0.3) is 5.91 Å². The van der Waals surface area contributed by atoms with Crippen LogP contribution in [-0.2, 0) is 22.7 Å². The minimum absolute atomic E-state index is 0.120. The standard InChI is InChI=1S/C27H24N2O3S2/c30-25(28-18-20-8-3-1-4-9-20)14-15-29-26(31)24(34-27(29)33)17-22-12-7-13-23(16-22)32-19-21-10-5-2-6-11-21/h1-13,16-17H,14-15,18-19H2,(H,28,30)/b24-17-. The van der Waals surface area contributed by atoms with Crippen LogP contribution in [0.3, 0.4) is 0 Å². The maximum atomic E-state index is 12.9. The highest BCUT2D eigenvalue weighted by Crippen LogP contribution is 2.33. The summed E-state index contributed by atoms with van der Waals surface area (Å²) in [6.07, 6.45) is 2.00. The van der Waals surface area contributed by atoms with E-state index < -0.39 is 0 Å². The van der Waals surface area contributed by atoms with Gasteiger partial charge in [-0.2, -0.15) is 0 Å². The van der Waals surface area contributed by atoms with Gasteiger partial charge in [0, 0.05) is 19.5 Å². The number of hydrogen-bond donors (Lipinski definition) is 1. The van der Waals surface area contributed by atoms with Crippen molar-refractivity contribution in [3.8, 4) is 5.75 Å². The van der Waals surface area contributed by atoms with Gasteiger partial charge >= 0.3 is 0 Å². The molecule has 1 aliphatic rings. The fourth-order valence-corrected chi connectivity index (χ4v) is 4.69. The van der Waals surface area contributed by atoms with E-state index in [1.165, 1.54) is 16.7 Å². The van der Waals surface area contributed by atoms with Crippen LogP contribution in [0.2, 0.25) is 0 Å². The largest absolute Gasteiger partial charge is 0.489 e. The highest BCUT2D eigenvalue weighted by molar-refractivity contribution is 8.26. The van der Waals surface area contributed by atoms with Crippen LogP contribution in [0.5, 0.6) is 5.75 Å². The van der Waals surface area contributed by atoms with Crippen molar-refractivity contribution in [2.45, 2.75) is 19.6 Å². The summed E-state index contributed by atoms with van der Waals surface area (Å²) in [7, 11) is 0. The number of ether oxygens (including phenoxy) is 1. The molecule has 0 atom stereocenters. The molecule has 0 bridgehead atoms. The first-order chi connectivity index (χ1) is 16.6. The minimum atomic E-state index is -0.179. The van der Waals surface area contributed by atoms with Gasteiger partial charge < -0.3 is 10.1 Å². The van der Waals surface area contributed by atoms with Gasteiger partial charge in [0.05, 0.1) is 4.91 Å². The molecule has 0 saturated carbocycles. The normalized spacial score (nSPS) is 14.5. The van der Waals surface area contributed by atoms with E-state index in [9.17, 15) is 9.59 Å². The quantitative estimate of drug-likeness (QED) is 0.333. The Bertz CT molecular complexity index is 1200. The van der Waals surface area contributed by atoms with Crippen LogP contribution in [0.15, 0.2) is 89.8 Å². The van der Waals surface area contributed by atoms with Crippen LogP contribution in [0.4, 0.5) is 0 Å². The average molecular weight is 489 g/mol. The molecule has 34 heavy (non-hydrogen) atoms. The zero-order chi connectivity index (χ0) is 23.8. The van der Waals surface area contributed by atoms with E-state index >= 15 is 0 Å². The SMILES string of the molecule is O=C(CCN1C(=O)/C(=C/c2cccc(OCc3ccccc3)c2)SC1=S)NCc1ccccc1. The van der Waals surface area contributed by atoms with Crippen LogP contribution >= 0.6 is 24.0 Å². The van der Waals surface area contributed by atoms with Gasteiger partial charge in [-0.1, -0.05) is 96.8 Å². The number of benzene rings is 3. The molecule has 1 N–H and O–H groups in total. The Kier molecular flexibility index (Phi) is 8.12. The Hall–Kier alpha value is -3.42. The maximum Gasteiger partial charge on any atom is 0.266 e. The van der Waals surface area contributed by atoms with Gasteiger partial charge in [-0.05, 0) is 34.9 Å². The molecule has 3 aromatic rings. The first-order valence-corrected chi connectivity index (χ1v) is 12.1. The second-order valence-electron chi connectivity index (χ2n) is 7.69. The zero-order valence-electron chi connectivity index (χ0n) is 18.5. The predicted octanol–water partition coefficient (Wildman–Crippen LogP) is 5.17. The molecule has 7 heteroatoms. The second kappa shape index (κ2) is 11.6. The van der Waals surface area contributed by atoms with Crippen molar-refractivity contribution in [1.29, 1.82) is 0 Å². The van der Waals surface area contributed by atoms with Crippen LogP contribution in [0.1, 0.15) is 23.1 Å². The summed E-state index contributed by atoms with van der Waals surface area (Å²) >= 11 is 6.65. The summed E-state index contributed by atoms with van der Waals surface area (Å²) in [5.41, 5.74) is 2.97. The van der Waals surface area contributed by atoms with Gasteiger partial charge in [0.15, 0.2) is 0 Å². The van der Waals surface area contributed by atoms with Crippen LogP contribution in [-0.4, -0.2) is 27.6 Å². The monoisotopic (exact) mass is 488 g/mol.